The molecule has 0 fully saturated rings. The minimum Gasteiger partial charge on any atom is -0.544 e. The average Bonchev–Trinajstić information content (AvgIpc) is 3.31. The van der Waals surface area contributed by atoms with Gasteiger partial charge in [-0.15, -0.1) is 5.10 Å². The second kappa shape index (κ2) is 8.74. The Morgan fingerprint density at radius 1 is 1.34 bits per heavy atom. The third-order valence-electron chi connectivity index (χ3n) is 3.92. The Balaban J connectivity index is 1.88. The summed E-state index contributed by atoms with van der Waals surface area (Å²) in [5.41, 5.74) is 0.964. The summed E-state index contributed by atoms with van der Waals surface area (Å²) in [7, 11) is 0. The molecule has 0 aliphatic carbocycles. The van der Waals surface area contributed by atoms with Crippen molar-refractivity contribution < 1.29 is 19.2 Å². The Morgan fingerprint density at radius 3 is 2.83 bits per heavy atom. The number of aromatic amines is 1. The topological polar surface area (TPSA) is 138 Å². The fourth-order valence-electron chi connectivity index (χ4n) is 2.61. The van der Waals surface area contributed by atoms with E-state index in [1.807, 2.05) is 6.92 Å². The van der Waals surface area contributed by atoms with Crippen molar-refractivity contribution in [2.75, 3.05) is 0 Å². The molecule has 0 amide bonds. The van der Waals surface area contributed by atoms with Crippen molar-refractivity contribution in [3.8, 4) is 11.3 Å². The molecule has 0 saturated heterocycles. The van der Waals surface area contributed by atoms with Gasteiger partial charge in [-0.1, -0.05) is 13.0 Å². The van der Waals surface area contributed by atoms with Crippen molar-refractivity contribution in [3.63, 3.8) is 0 Å². The molecule has 0 bridgehead atoms. The number of benzene rings is 1. The number of carboxylic acids is 1. The molecule has 0 unspecified atom stereocenters. The Kier molecular flexibility index (Phi) is 6.13. The average molecular weight is 413 g/mol. The second-order valence-corrected chi connectivity index (χ2v) is 7.20. The van der Waals surface area contributed by atoms with E-state index in [1.165, 1.54) is 18.2 Å². The van der Waals surface area contributed by atoms with Crippen molar-refractivity contribution in [2.24, 2.45) is 0 Å². The van der Waals surface area contributed by atoms with Gasteiger partial charge in [-0.3, -0.25) is 15.2 Å². The van der Waals surface area contributed by atoms with Gasteiger partial charge in [0.1, 0.15) is 17.3 Å². The molecule has 0 radical (unpaired) electrons. The van der Waals surface area contributed by atoms with Crippen molar-refractivity contribution in [1.29, 1.82) is 0 Å². The Labute approximate surface area is 170 Å². The Hall–Kier alpha value is -3.40. The number of carbonyl (C=O) groups excluding carboxylic acids is 1. The van der Waals surface area contributed by atoms with Crippen LogP contribution in [0.2, 0.25) is 0 Å². The molecule has 3 aromatic rings. The molecule has 0 atom stereocenters. The minimum atomic E-state index is -1.41. The summed E-state index contributed by atoms with van der Waals surface area (Å²) < 4.78 is 5.63. The van der Waals surface area contributed by atoms with Crippen LogP contribution in [0.15, 0.2) is 44.8 Å². The number of hydrogen-bond acceptors (Lipinski definition) is 8. The lowest BCUT2D eigenvalue weighted by Crippen LogP contribution is -2.23. The molecule has 3 rings (SSSR count). The summed E-state index contributed by atoms with van der Waals surface area (Å²) in [5.74, 6) is -0.268. The van der Waals surface area contributed by atoms with E-state index in [0.29, 0.717) is 17.8 Å². The van der Waals surface area contributed by atoms with Crippen LogP contribution in [0.3, 0.4) is 0 Å². The van der Waals surface area contributed by atoms with Crippen LogP contribution >= 0.6 is 11.8 Å². The van der Waals surface area contributed by atoms with E-state index in [1.54, 1.807) is 25.1 Å². The van der Waals surface area contributed by atoms with Gasteiger partial charge in [0.2, 0.25) is 5.16 Å². The fraction of sp³-hybridized carbons (Fsp3) is 0.211. The van der Waals surface area contributed by atoms with Gasteiger partial charge in [0.25, 0.3) is 5.69 Å². The molecule has 0 aliphatic heterocycles. The maximum atomic E-state index is 11.5. The van der Waals surface area contributed by atoms with Crippen LogP contribution < -0.4 is 5.11 Å². The number of aryl methyl sites for hydroxylation is 2. The van der Waals surface area contributed by atoms with Crippen LogP contribution in [0, 0.1) is 17.0 Å². The number of aromatic nitrogens is 3. The molecule has 0 spiro atoms. The number of aliphatic carboxylic acids is 1. The first-order valence-electron chi connectivity index (χ1n) is 8.74. The second-order valence-electron chi connectivity index (χ2n) is 6.19. The van der Waals surface area contributed by atoms with Crippen LogP contribution in [0.5, 0.6) is 0 Å². The Bertz CT molecular complexity index is 1090. The maximum Gasteiger partial charge on any atom is 0.280 e. The summed E-state index contributed by atoms with van der Waals surface area (Å²) in [6.07, 6.45) is 2.86. The van der Waals surface area contributed by atoms with Gasteiger partial charge < -0.3 is 14.3 Å². The molecular formula is C19H17N4O5S-. The number of carboxylic acid groups (broad SMARTS) is 1. The number of nitro benzene ring substituents is 1. The van der Waals surface area contributed by atoms with E-state index in [4.69, 9.17) is 4.42 Å². The monoisotopic (exact) mass is 413 g/mol. The molecule has 9 nitrogen and oxygen atoms in total. The van der Waals surface area contributed by atoms with Gasteiger partial charge >= 0.3 is 0 Å². The maximum absolute atomic E-state index is 11.5. The SMILES string of the molecule is CCCc1nc(S/C(=C/c2ccc(-c3ccc(C)cc3[N+](=O)[O-])o2)C(=O)[O-])n[nH]1. The third kappa shape index (κ3) is 4.91. The number of thioether (sulfide) groups is 1. The number of nitrogens with one attached hydrogen (secondary N) is 1. The molecule has 1 N–H and O–H groups in total. The lowest BCUT2D eigenvalue weighted by Gasteiger charge is -2.04. The minimum absolute atomic E-state index is 0.0893. The van der Waals surface area contributed by atoms with Gasteiger partial charge in [-0.05, 0) is 54.9 Å². The molecule has 1 aromatic carbocycles. The molecule has 29 heavy (non-hydrogen) atoms. The van der Waals surface area contributed by atoms with Gasteiger partial charge in [0.15, 0.2) is 0 Å². The van der Waals surface area contributed by atoms with Crippen LogP contribution in [-0.2, 0) is 11.2 Å². The number of rotatable bonds is 8. The van der Waals surface area contributed by atoms with Crippen molar-refractivity contribution in [1.82, 2.24) is 15.2 Å². The lowest BCUT2D eigenvalue weighted by atomic mass is 10.1. The molecule has 2 aromatic heterocycles. The number of H-pyrrole nitrogens is 1. The quantitative estimate of drug-likeness (QED) is 0.257. The highest BCUT2D eigenvalue weighted by Crippen LogP contribution is 2.33. The summed E-state index contributed by atoms with van der Waals surface area (Å²) in [4.78, 5) is 26.4. The van der Waals surface area contributed by atoms with E-state index >= 15 is 0 Å². The number of nitrogens with zero attached hydrogens (tertiary/aromatic N) is 3. The molecular weight excluding hydrogens is 396 g/mol. The molecule has 0 aliphatic rings. The normalized spacial score (nSPS) is 11.6. The van der Waals surface area contributed by atoms with E-state index in [9.17, 15) is 20.0 Å². The number of nitro groups is 1. The number of hydrogen-bond donors (Lipinski definition) is 1. The summed E-state index contributed by atoms with van der Waals surface area (Å²) >= 11 is 0.831. The van der Waals surface area contributed by atoms with Crippen molar-refractivity contribution >= 4 is 29.5 Å². The van der Waals surface area contributed by atoms with Gasteiger partial charge in [-0.25, -0.2) is 4.98 Å². The van der Waals surface area contributed by atoms with E-state index < -0.39 is 10.9 Å². The largest absolute Gasteiger partial charge is 0.544 e. The molecule has 0 saturated carbocycles. The number of carbonyl (C=O) groups is 1. The highest BCUT2D eigenvalue weighted by Gasteiger charge is 2.18. The highest BCUT2D eigenvalue weighted by atomic mass is 32.2. The first-order chi connectivity index (χ1) is 13.9. The third-order valence-corrected chi connectivity index (χ3v) is 4.79. The molecule has 150 valence electrons. The summed E-state index contributed by atoms with van der Waals surface area (Å²) in [5, 5.41) is 29.8. The first-order valence-corrected chi connectivity index (χ1v) is 9.56. The van der Waals surface area contributed by atoms with Gasteiger partial charge in [0, 0.05) is 17.4 Å². The van der Waals surface area contributed by atoms with E-state index in [0.717, 1.165) is 23.7 Å². The summed E-state index contributed by atoms with van der Waals surface area (Å²) in [6.45, 7) is 3.75. The van der Waals surface area contributed by atoms with E-state index in [-0.39, 0.29) is 27.3 Å². The van der Waals surface area contributed by atoms with Gasteiger partial charge in [-0.2, -0.15) is 0 Å². The fourth-order valence-corrected chi connectivity index (χ4v) is 3.31. The standard InChI is InChI=1S/C19H18N4O5S/c1-3-4-17-20-19(22-21-17)29-16(18(24)25)10-12-6-8-15(28-12)13-7-5-11(2)9-14(13)23(26)27/h5-10H,3-4H2,1-2H3,(H,24,25)(H,20,21,22)/p-1/b16-10+. The number of furan rings is 1. The first kappa shape index (κ1) is 20.3. The predicted octanol–water partition coefficient (Wildman–Crippen LogP) is 3.12. The highest BCUT2D eigenvalue weighted by molar-refractivity contribution is 8.04. The smallest absolute Gasteiger partial charge is 0.280 e. The van der Waals surface area contributed by atoms with E-state index in [2.05, 4.69) is 15.2 Å². The molecule has 2 heterocycles. The zero-order valence-electron chi connectivity index (χ0n) is 15.7. The zero-order chi connectivity index (χ0) is 21.0. The van der Waals surface area contributed by atoms with Crippen LogP contribution in [0.4, 0.5) is 5.69 Å². The predicted molar refractivity (Wildman–Crippen MR) is 105 cm³/mol. The molecule has 10 heteroatoms. The Morgan fingerprint density at radius 2 is 2.14 bits per heavy atom. The summed E-state index contributed by atoms with van der Waals surface area (Å²) in [6, 6.07) is 7.86. The van der Waals surface area contributed by atoms with Crippen molar-refractivity contribution in [2.45, 2.75) is 31.8 Å². The van der Waals surface area contributed by atoms with Crippen LogP contribution in [0.1, 0.15) is 30.5 Å². The zero-order valence-corrected chi connectivity index (χ0v) is 16.5. The van der Waals surface area contributed by atoms with Crippen molar-refractivity contribution in [3.05, 3.63) is 62.5 Å². The van der Waals surface area contributed by atoms with Crippen LogP contribution in [0.25, 0.3) is 17.4 Å². The lowest BCUT2D eigenvalue weighted by molar-refractivity contribution is -0.384. The van der Waals surface area contributed by atoms with Gasteiger partial charge in [0.05, 0.1) is 16.5 Å². The van der Waals surface area contributed by atoms with Crippen LogP contribution in [-0.4, -0.2) is 26.1 Å².